The standard InChI is InChI=1S/C9H9N3O2S/c1-12-9(15)10-8(11-12)5-2-3-6(13)7(14)4-5/h2-4,13-14H,1H3,(H,10,11,15). The fourth-order valence-electron chi connectivity index (χ4n) is 1.20. The van der Waals surface area contributed by atoms with Crippen LogP contribution in [0.5, 0.6) is 11.5 Å². The first-order chi connectivity index (χ1) is 7.08. The molecule has 0 unspecified atom stereocenters. The number of aromatic amines is 1. The molecule has 0 aliphatic heterocycles. The van der Waals surface area contributed by atoms with Crippen molar-refractivity contribution >= 4 is 12.2 Å². The number of nitrogens with zero attached hydrogens (tertiary/aromatic N) is 2. The SMILES string of the molecule is Cn1[nH]c(-c2ccc(O)c(O)c2)nc1=S. The second-order valence-corrected chi connectivity index (χ2v) is 3.48. The Kier molecular flexibility index (Phi) is 2.20. The number of phenolic OH excluding ortho intramolecular Hbond substituents is 2. The molecule has 3 N–H and O–H groups in total. The van der Waals surface area contributed by atoms with Crippen LogP contribution in [0.1, 0.15) is 0 Å². The summed E-state index contributed by atoms with van der Waals surface area (Å²) in [6.45, 7) is 0. The minimum Gasteiger partial charge on any atom is -0.504 e. The van der Waals surface area contributed by atoms with Gasteiger partial charge in [-0.3, -0.25) is 9.78 Å². The van der Waals surface area contributed by atoms with Crippen LogP contribution < -0.4 is 0 Å². The van der Waals surface area contributed by atoms with Gasteiger partial charge in [-0.05, 0) is 30.4 Å². The maximum atomic E-state index is 9.31. The van der Waals surface area contributed by atoms with Crippen LogP contribution in [0, 0.1) is 4.77 Å². The minimum atomic E-state index is -0.183. The molecule has 1 heterocycles. The predicted octanol–water partition coefficient (Wildman–Crippen LogP) is 1.56. The number of aromatic nitrogens is 3. The molecule has 0 spiro atoms. The highest BCUT2D eigenvalue weighted by Gasteiger charge is 2.06. The lowest BCUT2D eigenvalue weighted by atomic mass is 10.2. The van der Waals surface area contributed by atoms with E-state index in [1.807, 2.05) is 0 Å². The van der Waals surface area contributed by atoms with Gasteiger partial charge in [0.15, 0.2) is 17.3 Å². The molecule has 0 saturated heterocycles. The molecule has 0 aliphatic carbocycles. The van der Waals surface area contributed by atoms with Gasteiger partial charge >= 0.3 is 0 Å². The van der Waals surface area contributed by atoms with Gasteiger partial charge in [0.25, 0.3) is 0 Å². The highest BCUT2D eigenvalue weighted by molar-refractivity contribution is 7.71. The third-order valence-corrected chi connectivity index (χ3v) is 2.38. The van der Waals surface area contributed by atoms with Crippen LogP contribution in [0.4, 0.5) is 0 Å². The van der Waals surface area contributed by atoms with E-state index in [1.165, 1.54) is 12.1 Å². The van der Waals surface area contributed by atoms with Crippen LogP contribution in [-0.4, -0.2) is 25.0 Å². The molecule has 0 fully saturated rings. The van der Waals surface area contributed by atoms with Gasteiger partial charge in [0, 0.05) is 12.6 Å². The molecule has 1 aromatic heterocycles. The van der Waals surface area contributed by atoms with Crippen molar-refractivity contribution in [1.29, 1.82) is 0 Å². The summed E-state index contributed by atoms with van der Waals surface area (Å²) in [5.74, 6) is 0.212. The van der Waals surface area contributed by atoms with E-state index in [9.17, 15) is 5.11 Å². The topological polar surface area (TPSA) is 74.1 Å². The summed E-state index contributed by atoms with van der Waals surface area (Å²) in [7, 11) is 1.75. The van der Waals surface area contributed by atoms with Crippen LogP contribution in [-0.2, 0) is 7.05 Å². The molecule has 0 saturated carbocycles. The molecule has 0 amide bonds. The highest BCUT2D eigenvalue weighted by Crippen LogP contribution is 2.28. The second kappa shape index (κ2) is 3.39. The number of H-pyrrole nitrogens is 1. The van der Waals surface area contributed by atoms with Gasteiger partial charge in [-0.2, -0.15) is 4.98 Å². The molecule has 15 heavy (non-hydrogen) atoms. The molecule has 0 atom stereocenters. The summed E-state index contributed by atoms with van der Waals surface area (Å²) in [5.41, 5.74) is 0.664. The van der Waals surface area contributed by atoms with E-state index in [2.05, 4.69) is 10.1 Å². The van der Waals surface area contributed by atoms with E-state index < -0.39 is 0 Å². The Morgan fingerprint density at radius 1 is 1.33 bits per heavy atom. The molecule has 6 heteroatoms. The van der Waals surface area contributed by atoms with E-state index in [0.29, 0.717) is 16.2 Å². The molecule has 5 nitrogen and oxygen atoms in total. The van der Waals surface area contributed by atoms with Gasteiger partial charge in [-0.25, -0.2) is 0 Å². The third-order valence-electron chi connectivity index (χ3n) is 2.02. The Bertz CT molecular complexity index is 559. The molecule has 0 radical (unpaired) electrons. The molecule has 78 valence electrons. The number of nitrogens with one attached hydrogen (secondary N) is 1. The maximum Gasteiger partial charge on any atom is 0.216 e. The van der Waals surface area contributed by atoms with Crippen LogP contribution in [0.25, 0.3) is 11.4 Å². The lowest BCUT2D eigenvalue weighted by molar-refractivity contribution is 0.404. The number of hydrogen-bond donors (Lipinski definition) is 3. The number of aryl methyl sites for hydroxylation is 1. The van der Waals surface area contributed by atoms with Gasteiger partial charge in [0.2, 0.25) is 4.77 Å². The maximum absolute atomic E-state index is 9.31. The third kappa shape index (κ3) is 1.71. The van der Waals surface area contributed by atoms with Gasteiger partial charge in [-0.1, -0.05) is 0 Å². The zero-order chi connectivity index (χ0) is 11.0. The first-order valence-electron chi connectivity index (χ1n) is 4.23. The first-order valence-corrected chi connectivity index (χ1v) is 4.64. The van der Waals surface area contributed by atoms with Gasteiger partial charge < -0.3 is 10.2 Å². The Morgan fingerprint density at radius 3 is 2.60 bits per heavy atom. The normalized spacial score (nSPS) is 10.5. The Balaban J connectivity index is 2.54. The zero-order valence-corrected chi connectivity index (χ0v) is 8.75. The van der Waals surface area contributed by atoms with Gasteiger partial charge in [-0.15, -0.1) is 0 Å². The molecule has 0 aliphatic rings. The molecule has 2 aromatic rings. The van der Waals surface area contributed by atoms with Crippen molar-refractivity contribution in [2.75, 3.05) is 0 Å². The lowest BCUT2D eigenvalue weighted by Crippen LogP contribution is -1.89. The number of rotatable bonds is 1. The van der Waals surface area contributed by atoms with Crippen LogP contribution in [0.2, 0.25) is 0 Å². The lowest BCUT2D eigenvalue weighted by Gasteiger charge is -1.99. The van der Waals surface area contributed by atoms with E-state index in [4.69, 9.17) is 17.3 Å². The van der Waals surface area contributed by atoms with Crippen molar-refractivity contribution in [2.24, 2.45) is 7.05 Å². The van der Waals surface area contributed by atoms with Crippen LogP contribution >= 0.6 is 12.2 Å². The molecular weight excluding hydrogens is 214 g/mol. The molecular formula is C9H9N3O2S. The van der Waals surface area contributed by atoms with E-state index >= 15 is 0 Å². The number of phenols is 2. The monoisotopic (exact) mass is 223 g/mol. The predicted molar refractivity (Wildman–Crippen MR) is 57.2 cm³/mol. The second-order valence-electron chi connectivity index (χ2n) is 3.12. The molecule has 0 bridgehead atoms. The fraction of sp³-hybridized carbons (Fsp3) is 0.111. The largest absolute Gasteiger partial charge is 0.504 e. The number of aromatic hydroxyl groups is 2. The van der Waals surface area contributed by atoms with Crippen molar-refractivity contribution in [3.63, 3.8) is 0 Å². The average molecular weight is 223 g/mol. The summed E-state index contributed by atoms with van der Waals surface area (Å²) in [4.78, 5) is 4.08. The Morgan fingerprint density at radius 2 is 2.07 bits per heavy atom. The van der Waals surface area contributed by atoms with E-state index in [0.717, 1.165) is 0 Å². The fourth-order valence-corrected chi connectivity index (χ4v) is 1.34. The van der Waals surface area contributed by atoms with Gasteiger partial charge in [0.05, 0.1) is 0 Å². The number of hydrogen-bond acceptors (Lipinski definition) is 4. The summed E-state index contributed by atoms with van der Waals surface area (Å²) in [6.07, 6.45) is 0. The molecule has 2 rings (SSSR count). The molecule has 1 aromatic carbocycles. The van der Waals surface area contributed by atoms with Crippen LogP contribution in [0.3, 0.4) is 0 Å². The van der Waals surface area contributed by atoms with E-state index in [1.54, 1.807) is 17.8 Å². The quantitative estimate of drug-likeness (QED) is 0.506. The summed E-state index contributed by atoms with van der Waals surface area (Å²) < 4.78 is 2.02. The number of benzene rings is 1. The van der Waals surface area contributed by atoms with E-state index in [-0.39, 0.29) is 11.5 Å². The van der Waals surface area contributed by atoms with Crippen molar-refractivity contribution in [3.05, 3.63) is 23.0 Å². The van der Waals surface area contributed by atoms with Crippen molar-refractivity contribution in [3.8, 4) is 22.9 Å². The summed E-state index contributed by atoms with van der Waals surface area (Å²) in [5, 5.41) is 21.4. The Hall–Kier alpha value is -1.82. The van der Waals surface area contributed by atoms with Crippen molar-refractivity contribution in [1.82, 2.24) is 14.8 Å². The smallest absolute Gasteiger partial charge is 0.216 e. The zero-order valence-electron chi connectivity index (χ0n) is 7.93. The Labute approximate surface area is 90.6 Å². The highest BCUT2D eigenvalue weighted by atomic mass is 32.1. The summed E-state index contributed by atoms with van der Waals surface area (Å²) in [6, 6.07) is 4.46. The first kappa shape index (κ1) is 9.72. The van der Waals surface area contributed by atoms with Crippen LogP contribution in [0.15, 0.2) is 18.2 Å². The van der Waals surface area contributed by atoms with Crippen molar-refractivity contribution in [2.45, 2.75) is 0 Å². The minimum absolute atomic E-state index is 0.159. The average Bonchev–Trinajstić information content (AvgIpc) is 2.52. The van der Waals surface area contributed by atoms with Gasteiger partial charge in [0.1, 0.15) is 0 Å². The van der Waals surface area contributed by atoms with Crippen molar-refractivity contribution < 1.29 is 10.2 Å². The summed E-state index contributed by atoms with van der Waals surface area (Å²) >= 11 is 4.94.